The predicted octanol–water partition coefficient (Wildman–Crippen LogP) is 3.47. The highest BCUT2D eigenvalue weighted by Crippen LogP contribution is 2.18. The molecule has 0 radical (unpaired) electrons. The normalized spacial score (nSPS) is 18.1. The minimum atomic E-state index is 0.980. The SMILES string of the molecule is Brc1cccn2cc(CN3CCCCCC3)nc12. The number of aromatic nitrogens is 2. The molecule has 0 amide bonds. The van der Waals surface area contributed by atoms with E-state index in [4.69, 9.17) is 4.98 Å². The third-order valence-electron chi connectivity index (χ3n) is 3.57. The number of fused-ring (bicyclic) bond motifs is 1. The van der Waals surface area contributed by atoms with Crippen LogP contribution in [0.15, 0.2) is 29.0 Å². The number of hydrogen-bond acceptors (Lipinski definition) is 2. The van der Waals surface area contributed by atoms with Crippen molar-refractivity contribution in [2.45, 2.75) is 32.2 Å². The molecular formula is C14H18BrN3. The number of imidazole rings is 1. The average Bonchev–Trinajstić information content (AvgIpc) is 2.60. The average molecular weight is 308 g/mol. The second-order valence-corrected chi connectivity index (χ2v) is 5.86. The minimum absolute atomic E-state index is 0.980. The summed E-state index contributed by atoms with van der Waals surface area (Å²) in [5.74, 6) is 0. The molecule has 2 aromatic rings. The molecule has 3 nitrogen and oxygen atoms in total. The summed E-state index contributed by atoms with van der Waals surface area (Å²) >= 11 is 3.55. The Hall–Kier alpha value is -0.870. The Morgan fingerprint density at radius 3 is 2.67 bits per heavy atom. The number of hydrogen-bond donors (Lipinski definition) is 0. The van der Waals surface area contributed by atoms with Gasteiger partial charge in [0, 0.05) is 18.9 Å². The van der Waals surface area contributed by atoms with Gasteiger partial charge in [-0.05, 0) is 54.0 Å². The summed E-state index contributed by atoms with van der Waals surface area (Å²) in [6.07, 6.45) is 9.62. The van der Waals surface area contributed by atoms with Crippen molar-refractivity contribution >= 4 is 21.6 Å². The molecule has 0 N–H and O–H groups in total. The van der Waals surface area contributed by atoms with Gasteiger partial charge in [0.05, 0.1) is 10.2 Å². The molecule has 0 bridgehead atoms. The summed E-state index contributed by atoms with van der Waals surface area (Å²) in [6, 6.07) is 4.08. The Balaban J connectivity index is 1.79. The molecule has 1 fully saturated rings. The highest BCUT2D eigenvalue weighted by atomic mass is 79.9. The summed E-state index contributed by atoms with van der Waals surface area (Å²) in [7, 11) is 0. The van der Waals surface area contributed by atoms with Crippen LogP contribution < -0.4 is 0 Å². The second kappa shape index (κ2) is 5.41. The van der Waals surface area contributed by atoms with Crippen LogP contribution in [0.2, 0.25) is 0 Å². The van der Waals surface area contributed by atoms with Gasteiger partial charge in [0.15, 0.2) is 5.65 Å². The Labute approximate surface area is 116 Å². The molecule has 4 heteroatoms. The Morgan fingerprint density at radius 2 is 1.94 bits per heavy atom. The van der Waals surface area contributed by atoms with E-state index in [2.05, 4.69) is 37.6 Å². The highest BCUT2D eigenvalue weighted by Gasteiger charge is 2.12. The van der Waals surface area contributed by atoms with E-state index in [1.807, 2.05) is 12.1 Å². The Morgan fingerprint density at radius 1 is 1.17 bits per heavy atom. The molecule has 0 atom stereocenters. The predicted molar refractivity (Wildman–Crippen MR) is 76.6 cm³/mol. The van der Waals surface area contributed by atoms with Gasteiger partial charge < -0.3 is 4.40 Å². The lowest BCUT2D eigenvalue weighted by Gasteiger charge is -2.17. The van der Waals surface area contributed by atoms with Crippen molar-refractivity contribution in [2.75, 3.05) is 13.1 Å². The van der Waals surface area contributed by atoms with Crippen molar-refractivity contribution < 1.29 is 0 Å². The quantitative estimate of drug-likeness (QED) is 0.847. The maximum atomic E-state index is 4.71. The number of nitrogens with zero attached hydrogens (tertiary/aromatic N) is 3. The molecule has 2 aromatic heterocycles. The zero-order valence-corrected chi connectivity index (χ0v) is 12.1. The van der Waals surface area contributed by atoms with Crippen LogP contribution in [0, 0.1) is 0 Å². The first-order valence-corrected chi connectivity index (χ1v) is 7.47. The lowest BCUT2D eigenvalue weighted by atomic mass is 10.2. The molecule has 0 aromatic carbocycles. The molecule has 96 valence electrons. The molecule has 1 aliphatic heterocycles. The summed E-state index contributed by atoms with van der Waals surface area (Å²) in [5, 5.41) is 0. The van der Waals surface area contributed by atoms with Crippen molar-refractivity contribution in [3.8, 4) is 0 Å². The van der Waals surface area contributed by atoms with Crippen LogP contribution in [0.5, 0.6) is 0 Å². The number of likely N-dealkylation sites (tertiary alicyclic amines) is 1. The molecular weight excluding hydrogens is 290 g/mol. The van der Waals surface area contributed by atoms with Crippen molar-refractivity contribution in [1.82, 2.24) is 14.3 Å². The van der Waals surface area contributed by atoms with Gasteiger partial charge in [-0.25, -0.2) is 4.98 Å². The highest BCUT2D eigenvalue weighted by molar-refractivity contribution is 9.10. The molecule has 0 saturated carbocycles. The van der Waals surface area contributed by atoms with Crippen LogP contribution in [0.4, 0.5) is 0 Å². The van der Waals surface area contributed by atoms with Gasteiger partial charge in [-0.2, -0.15) is 0 Å². The van der Waals surface area contributed by atoms with Gasteiger partial charge in [0.1, 0.15) is 0 Å². The van der Waals surface area contributed by atoms with E-state index < -0.39 is 0 Å². The molecule has 3 rings (SSSR count). The first kappa shape index (κ1) is 12.2. The van der Waals surface area contributed by atoms with Crippen molar-refractivity contribution in [3.63, 3.8) is 0 Å². The topological polar surface area (TPSA) is 20.5 Å². The summed E-state index contributed by atoms with van der Waals surface area (Å²) in [5.41, 5.74) is 2.19. The number of halogens is 1. The fraction of sp³-hybridized carbons (Fsp3) is 0.500. The Kier molecular flexibility index (Phi) is 3.66. The van der Waals surface area contributed by atoms with Crippen LogP contribution in [0.25, 0.3) is 5.65 Å². The van der Waals surface area contributed by atoms with Gasteiger partial charge >= 0.3 is 0 Å². The molecule has 0 aliphatic carbocycles. The Bertz CT molecular complexity index is 527. The van der Waals surface area contributed by atoms with Gasteiger partial charge in [-0.3, -0.25) is 4.90 Å². The van der Waals surface area contributed by atoms with Crippen molar-refractivity contribution in [3.05, 3.63) is 34.7 Å². The minimum Gasteiger partial charge on any atom is -0.306 e. The summed E-state index contributed by atoms with van der Waals surface area (Å²) in [6.45, 7) is 3.41. The molecule has 1 aliphatic rings. The first-order valence-electron chi connectivity index (χ1n) is 6.67. The zero-order valence-electron chi connectivity index (χ0n) is 10.5. The van der Waals surface area contributed by atoms with E-state index >= 15 is 0 Å². The van der Waals surface area contributed by atoms with E-state index in [0.29, 0.717) is 0 Å². The second-order valence-electron chi connectivity index (χ2n) is 5.01. The van der Waals surface area contributed by atoms with Gasteiger partial charge in [0.25, 0.3) is 0 Å². The third-order valence-corrected chi connectivity index (χ3v) is 4.19. The molecule has 18 heavy (non-hydrogen) atoms. The lowest BCUT2D eigenvalue weighted by molar-refractivity contribution is 0.274. The lowest BCUT2D eigenvalue weighted by Crippen LogP contribution is -2.24. The maximum absolute atomic E-state index is 4.71. The van der Waals surface area contributed by atoms with Crippen LogP contribution in [-0.2, 0) is 6.54 Å². The maximum Gasteiger partial charge on any atom is 0.151 e. The molecule has 0 spiro atoms. The fourth-order valence-electron chi connectivity index (χ4n) is 2.63. The van der Waals surface area contributed by atoms with E-state index in [0.717, 1.165) is 16.7 Å². The van der Waals surface area contributed by atoms with Crippen molar-refractivity contribution in [1.29, 1.82) is 0 Å². The number of pyridine rings is 1. The van der Waals surface area contributed by atoms with Crippen LogP contribution in [0.3, 0.4) is 0 Å². The molecule has 0 unspecified atom stereocenters. The third kappa shape index (κ3) is 2.59. The van der Waals surface area contributed by atoms with E-state index in [9.17, 15) is 0 Å². The first-order chi connectivity index (χ1) is 8.83. The van der Waals surface area contributed by atoms with Crippen LogP contribution in [-0.4, -0.2) is 27.4 Å². The monoisotopic (exact) mass is 307 g/mol. The molecule has 1 saturated heterocycles. The zero-order chi connectivity index (χ0) is 12.4. The standard InChI is InChI=1S/C14H18BrN3/c15-13-6-5-9-18-11-12(16-14(13)18)10-17-7-3-1-2-4-8-17/h5-6,9,11H,1-4,7-8,10H2. The largest absolute Gasteiger partial charge is 0.306 e. The van der Waals surface area contributed by atoms with Gasteiger partial charge in [-0.15, -0.1) is 0 Å². The van der Waals surface area contributed by atoms with E-state index in [1.54, 1.807) is 0 Å². The fourth-order valence-corrected chi connectivity index (χ4v) is 3.08. The summed E-state index contributed by atoms with van der Waals surface area (Å²) in [4.78, 5) is 7.24. The van der Waals surface area contributed by atoms with E-state index in [1.165, 1.54) is 44.5 Å². The smallest absolute Gasteiger partial charge is 0.151 e. The summed E-state index contributed by atoms with van der Waals surface area (Å²) < 4.78 is 3.16. The van der Waals surface area contributed by atoms with Gasteiger partial charge in [-0.1, -0.05) is 12.8 Å². The van der Waals surface area contributed by atoms with Crippen LogP contribution in [0.1, 0.15) is 31.4 Å². The number of rotatable bonds is 2. The van der Waals surface area contributed by atoms with Crippen molar-refractivity contribution in [2.24, 2.45) is 0 Å². The van der Waals surface area contributed by atoms with Crippen LogP contribution >= 0.6 is 15.9 Å². The van der Waals surface area contributed by atoms with E-state index in [-0.39, 0.29) is 0 Å². The molecule has 3 heterocycles. The van der Waals surface area contributed by atoms with Gasteiger partial charge in [0.2, 0.25) is 0 Å².